The minimum Gasteiger partial charge on any atom is -0.493 e. The van der Waals surface area contributed by atoms with Crippen LogP contribution in [-0.4, -0.2) is 19.2 Å². The van der Waals surface area contributed by atoms with Gasteiger partial charge in [0, 0.05) is 17.3 Å². The Bertz CT molecular complexity index is 696. The molecule has 0 spiro atoms. The molecule has 2 aromatic carbocycles. The first kappa shape index (κ1) is 18.1. The number of ether oxygens (including phenoxy) is 1. The van der Waals surface area contributed by atoms with Crippen molar-refractivity contribution in [1.82, 2.24) is 5.32 Å². The molecule has 0 saturated carbocycles. The predicted molar refractivity (Wildman–Crippen MR) is 99.2 cm³/mol. The van der Waals surface area contributed by atoms with E-state index in [1.165, 1.54) is 0 Å². The Morgan fingerprint density at radius 3 is 2.46 bits per heavy atom. The van der Waals surface area contributed by atoms with Crippen LogP contribution in [0.4, 0.5) is 10.5 Å². The van der Waals surface area contributed by atoms with Gasteiger partial charge in [-0.2, -0.15) is 0 Å². The van der Waals surface area contributed by atoms with Crippen molar-refractivity contribution in [2.45, 2.75) is 27.2 Å². The van der Waals surface area contributed by atoms with E-state index in [4.69, 9.17) is 16.3 Å². The molecule has 0 saturated heterocycles. The number of amides is 2. The number of para-hydroxylation sites is 1. The Kier molecular flexibility index (Phi) is 6.50. The zero-order valence-electron chi connectivity index (χ0n) is 14.3. The van der Waals surface area contributed by atoms with Gasteiger partial charge in [0.15, 0.2) is 0 Å². The van der Waals surface area contributed by atoms with Crippen LogP contribution in [0.5, 0.6) is 5.75 Å². The summed E-state index contributed by atoms with van der Waals surface area (Å²) in [6.07, 6.45) is 0.737. The lowest BCUT2D eigenvalue weighted by atomic mass is 10.1. The third kappa shape index (κ3) is 5.17. The number of hydrogen-bond acceptors (Lipinski definition) is 2. The van der Waals surface area contributed by atoms with Crippen LogP contribution in [-0.2, 0) is 0 Å². The first-order chi connectivity index (χ1) is 11.5. The molecule has 0 aliphatic rings. The van der Waals surface area contributed by atoms with Crippen LogP contribution >= 0.6 is 11.6 Å². The van der Waals surface area contributed by atoms with Crippen molar-refractivity contribution >= 4 is 23.3 Å². The first-order valence-electron chi connectivity index (χ1n) is 7.97. The molecule has 128 valence electrons. The smallest absolute Gasteiger partial charge is 0.319 e. The second-order valence-electron chi connectivity index (χ2n) is 5.76. The van der Waals surface area contributed by atoms with Crippen molar-refractivity contribution < 1.29 is 9.53 Å². The van der Waals surface area contributed by atoms with E-state index in [9.17, 15) is 4.79 Å². The summed E-state index contributed by atoms with van der Waals surface area (Å²) in [5.41, 5.74) is 3.93. The van der Waals surface area contributed by atoms with Crippen LogP contribution in [0.3, 0.4) is 0 Å². The number of carbonyl (C=O) groups is 1. The number of hydrogen-bond donors (Lipinski definition) is 2. The van der Waals surface area contributed by atoms with Gasteiger partial charge in [0.25, 0.3) is 0 Å². The van der Waals surface area contributed by atoms with Crippen molar-refractivity contribution in [3.63, 3.8) is 0 Å². The molecule has 2 rings (SSSR count). The zero-order valence-corrected chi connectivity index (χ0v) is 15.0. The van der Waals surface area contributed by atoms with Gasteiger partial charge in [0.1, 0.15) is 5.75 Å². The van der Waals surface area contributed by atoms with E-state index in [0.717, 1.165) is 34.5 Å². The molecule has 0 radical (unpaired) electrons. The van der Waals surface area contributed by atoms with Gasteiger partial charge in [0.05, 0.1) is 6.61 Å². The molecule has 0 aliphatic carbocycles. The fourth-order valence-corrected chi connectivity index (χ4v) is 2.64. The Morgan fingerprint density at radius 2 is 1.79 bits per heavy atom. The Balaban J connectivity index is 1.71. The lowest BCUT2D eigenvalue weighted by Crippen LogP contribution is -2.30. The Hall–Kier alpha value is -2.20. The van der Waals surface area contributed by atoms with Gasteiger partial charge in [-0.1, -0.05) is 29.8 Å². The molecule has 5 heteroatoms. The van der Waals surface area contributed by atoms with E-state index in [0.29, 0.717) is 18.2 Å². The van der Waals surface area contributed by atoms with Crippen molar-refractivity contribution in [2.75, 3.05) is 18.5 Å². The number of benzene rings is 2. The molecule has 24 heavy (non-hydrogen) atoms. The monoisotopic (exact) mass is 346 g/mol. The normalized spacial score (nSPS) is 10.3. The third-order valence-electron chi connectivity index (χ3n) is 3.70. The molecule has 0 bridgehead atoms. The van der Waals surface area contributed by atoms with E-state index in [-0.39, 0.29) is 6.03 Å². The van der Waals surface area contributed by atoms with Crippen molar-refractivity contribution in [3.05, 3.63) is 58.1 Å². The van der Waals surface area contributed by atoms with Crippen molar-refractivity contribution in [3.8, 4) is 5.75 Å². The van der Waals surface area contributed by atoms with E-state index in [2.05, 4.69) is 10.6 Å². The second kappa shape index (κ2) is 8.60. The molecule has 2 aromatic rings. The van der Waals surface area contributed by atoms with E-state index < -0.39 is 0 Å². The number of halogens is 1. The summed E-state index contributed by atoms with van der Waals surface area (Å²) >= 11 is 5.90. The summed E-state index contributed by atoms with van der Waals surface area (Å²) in [5, 5.41) is 6.29. The first-order valence-corrected chi connectivity index (χ1v) is 8.35. The van der Waals surface area contributed by atoms with Gasteiger partial charge >= 0.3 is 6.03 Å². The summed E-state index contributed by atoms with van der Waals surface area (Å²) in [4.78, 5) is 11.9. The molecule has 2 amide bonds. The minimum absolute atomic E-state index is 0.229. The lowest BCUT2D eigenvalue weighted by Gasteiger charge is -2.13. The van der Waals surface area contributed by atoms with E-state index in [1.807, 2.05) is 45.0 Å². The fraction of sp³-hybridized carbons (Fsp3) is 0.316. The Morgan fingerprint density at radius 1 is 1.08 bits per heavy atom. The molecule has 0 heterocycles. The largest absolute Gasteiger partial charge is 0.493 e. The molecule has 0 aromatic heterocycles. The number of anilines is 1. The van der Waals surface area contributed by atoms with Crippen LogP contribution in [0.1, 0.15) is 23.1 Å². The van der Waals surface area contributed by atoms with Crippen molar-refractivity contribution in [1.29, 1.82) is 0 Å². The van der Waals surface area contributed by atoms with Crippen LogP contribution in [0, 0.1) is 20.8 Å². The molecule has 0 aliphatic heterocycles. The lowest BCUT2D eigenvalue weighted by molar-refractivity contribution is 0.250. The summed E-state index contributed by atoms with van der Waals surface area (Å²) in [5.74, 6) is 0.929. The van der Waals surface area contributed by atoms with Gasteiger partial charge in [-0.25, -0.2) is 4.79 Å². The molecule has 0 unspecified atom stereocenters. The highest BCUT2D eigenvalue weighted by molar-refractivity contribution is 6.30. The highest BCUT2D eigenvalue weighted by atomic mass is 35.5. The third-order valence-corrected chi connectivity index (χ3v) is 3.93. The van der Waals surface area contributed by atoms with Crippen LogP contribution in [0.15, 0.2) is 36.4 Å². The number of aryl methyl sites for hydroxylation is 3. The highest BCUT2D eigenvalue weighted by Crippen LogP contribution is 2.22. The number of nitrogens with one attached hydrogen (secondary N) is 2. The second-order valence-corrected chi connectivity index (χ2v) is 6.20. The van der Waals surface area contributed by atoms with Gasteiger partial charge < -0.3 is 15.4 Å². The maximum atomic E-state index is 11.9. The summed E-state index contributed by atoms with van der Waals surface area (Å²) in [6, 6.07) is 11.2. The quantitative estimate of drug-likeness (QED) is 0.734. The summed E-state index contributed by atoms with van der Waals surface area (Å²) in [7, 11) is 0. The van der Waals surface area contributed by atoms with E-state index in [1.54, 1.807) is 12.1 Å². The number of rotatable bonds is 6. The maximum Gasteiger partial charge on any atom is 0.319 e. The van der Waals surface area contributed by atoms with E-state index >= 15 is 0 Å². The molecule has 4 nitrogen and oxygen atoms in total. The molecular formula is C19H23ClN2O2. The van der Waals surface area contributed by atoms with Crippen LogP contribution in [0.2, 0.25) is 5.02 Å². The maximum absolute atomic E-state index is 11.9. The van der Waals surface area contributed by atoms with Gasteiger partial charge in [-0.3, -0.25) is 0 Å². The van der Waals surface area contributed by atoms with Crippen LogP contribution < -0.4 is 15.4 Å². The predicted octanol–water partition coefficient (Wildman–Crippen LogP) is 4.86. The highest BCUT2D eigenvalue weighted by Gasteiger charge is 2.05. The molecule has 0 fully saturated rings. The van der Waals surface area contributed by atoms with Gasteiger partial charge in [-0.05, 0) is 62.1 Å². The SMILES string of the molecule is Cc1cc(Cl)ccc1NC(=O)NCCCOc1c(C)cccc1C. The van der Waals surface area contributed by atoms with Gasteiger partial charge in [-0.15, -0.1) is 0 Å². The molecule has 0 atom stereocenters. The van der Waals surface area contributed by atoms with Crippen molar-refractivity contribution in [2.24, 2.45) is 0 Å². The average Bonchev–Trinajstić information content (AvgIpc) is 2.52. The van der Waals surface area contributed by atoms with Gasteiger partial charge in [0.2, 0.25) is 0 Å². The summed E-state index contributed by atoms with van der Waals surface area (Å²) < 4.78 is 5.81. The topological polar surface area (TPSA) is 50.4 Å². The minimum atomic E-state index is -0.229. The fourth-order valence-electron chi connectivity index (χ4n) is 2.41. The summed E-state index contributed by atoms with van der Waals surface area (Å²) in [6.45, 7) is 7.07. The average molecular weight is 347 g/mol. The van der Waals surface area contributed by atoms with Crippen LogP contribution in [0.25, 0.3) is 0 Å². The standard InChI is InChI=1S/C19H23ClN2O2/c1-13-6-4-7-14(2)18(13)24-11-5-10-21-19(23)22-17-9-8-16(20)12-15(17)3/h4,6-9,12H,5,10-11H2,1-3H3,(H2,21,22,23). The molecular weight excluding hydrogens is 324 g/mol. The number of urea groups is 1. The Labute approximate surface area is 148 Å². The zero-order chi connectivity index (χ0) is 17.5. The number of carbonyl (C=O) groups excluding carboxylic acids is 1. The molecule has 2 N–H and O–H groups in total.